The van der Waals surface area contributed by atoms with Crippen molar-refractivity contribution in [1.82, 2.24) is 15.2 Å². The SMILES string of the molecule is CC(C)N1CCC(CNC(Oc2cccc3[nH]c4ccccc4c23)[C@H](C)O)CC1. The van der Waals surface area contributed by atoms with E-state index in [1.807, 2.05) is 24.3 Å². The normalized spacial score (nSPS) is 18.5. The van der Waals surface area contributed by atoms with Crippen LogP contribution in [0, 0.1) is 5.92 Å². The maximum atomic E-state index is 10.4. The highest BCUT2D eigenvalue weighted by Gasteiger charge is 2.24. The van der Waals surface area contributed by atoms with Crippen molar-refractivity contribution in [2.45, 2.75) is 52.0 Å². The van der Waals surface area contributed by atoms with E-state index in [1.165, 1.54) is 12.8 Å². The molecule has 1 aliphatic heterocycles. The molecule has 3 aromatic rings. The zero-order valence-corrected chi connectivity index (χ0v) is 17.7. The van der Waals surface area contributed by atoms with Crippen LogP contribution in [0.4, 0.5) is 0 Å². The van der Waals surface area contributed by atoms with Crippen molar-refractivity contribution in [2.24, 2.45) is 5.92 Å². The van der Waals surface area contributed by atoms with Crippen LogP contribution in [0.5, 0.6) is 5.75 Å². The monoisotopic (exact) mass is 395 g/mol. The van der Waals surface area contributed by atoms with Gasteiger partial charge in [0.2, 0.25) is 0 Å². The summed E-state index contributed by atoms with van der Waals surface area (Å²) in [5.41, 5.74) is 2.14. The predicted octanol–water partition coefficient (Wildman–Crippen LogP) is 4.12. The Bertz CT molecular complexity index is 942. The molecule has 156 valence electrons. The second kappa shape index (κ2) is 8.74. The lowest BCUT2D eigenvalue weighted by molar-refractivity contribution is 0.0226. The van der Waals surface area contributed by atoms with Gasteiger partial charge in [0.25, 0.3) is 0 Å². The number of hydrogen-bond donors (Lipinski definition) is 3. The van der Waals surface area contributed by atoms with E-state index in [2.05, 4.69) is 47.2 Å². The number of nitrogens with zero attached hydrogens (tertiary/aromatic N) is 1. The quantitative estimate of drug-likeness (QED) is 0.527. The molecule has 3 N–H and O–H groups in total. The van der Waals surface area contributed by atoms with E-state index in [-0.39, 0.29) is 0 Å². The number of aromatic nitrogens is 1. The van der Waals surface area contributed by atoms with Gasteiger partial charge in [-0.25, -0.2) is 0 Å². The van der Waals surface area contributed by atoms with Gasteiger partial charge in [-0.15, -0.1) is 0 Å². The molecule has 2 heterocycles. The summed E-state index contributed by atoms with van der Waals surface area (Å²) >= 11 is 0. The second-order valence-corrected chi connectivity index (χ2v) is 8.61. The molecule has 2 atom stereocenters. The Balaban J connectivity index is 1.47. The molecule has 2 aromatic carbocycles. The highest BCUT2D eigenvalue weighted by molar-refractivity contribution is 6.10. The van der Waals surface area contributed by atoms with Crippen molar-refractivity contribution in [2.75, 3.05) is 19.6 Å². The molecule has 1 unspecified atom stereocenters. The number of likely N-dealkylation sites (tertiary alicyclic amines) is 1. The van der Waals surface area contributed by atoms with E-state index in [9.17, 15) is 5.11 Å². The van der Waals surface area contributed by atoms with Crippen molar-refractivity contribution in [3.05, 3.63) is 42.5 Å². The first-order chi connectivity index (χ1) is 14.0. The first-order valence-electron chi connectivity index (χ1n) is 10.8. The Morgan fingerprint density at radius 2 is 1.79 bits per heavy atom. The molecule has 0 amide bonds. The number of para-hydroxylation sites is 1. The molecule has 0 spiro atoms. The number of hydrogen-bond acceptors (Lipinski definition) is 4. The van der Waals surface area contributed by atoms with Gasteiger partial charge in [0, 0.05) is 28.9 Å². The molecular weight excluding hydrogens is 362 g/mol. The Morgan fingerprint density at radius 3 is 2.52 bits per heavy atom. The highest BCUT2D eigenvalue weighted by atomic mass is 16.5. The van der Waals surface area contributed by atoms with Crippen LogP contribution in [0.25, 0.3) is 21.8 Å². The molecule has 4 rings (SSSR count). The van der Waals surface area contributed by atoms with Crippen LogP contribution < -0.4 is 10.1 Å². The third-order valence-electron chi connectivity index (χ3n) is 6.17. The number of fused-ring (bicyclic) bond motifs is 3. The van der Waals surface area contributed by atoms with E-state index in [0.29, 0.717) is 12.0 Å². The molecular formula is C24H33N3O2. The minimum atomic E-state index is -0.605. The first-order valence-corrected chi connectivity index (χ1v) is 10.8. The number of rotatable bonds is 7. The van der Waals surface area contributed by atoms with E-state index in [4.69, 9.17) is 4.74 Å². The smallest absolute Gasteiger partial charge is 0.176 e. The minimum absolute atomic E-state index is 0.433. The van der Waals surface area contributed by atoms with Crippen LogP contribution in [0.15, 0.2) is 42.5 Å². The Labute approximate surface area is 173 Å². The number of piperidine rings is 1. The molecule has 1 saturated heterocycles. The van der Waals surface area contributed by atoms with Gasteiger partial charge >= 0.3 is 0 Å². The van der Waals surface area contributed by atoms with Gasteiger partial charge in [-0.3, -0.25) is 5.32 Å². The number of ether oxygens (including phenoxy) is 1. The zero-order chi connectivity index (χ0) is 20.4. The molecule has 1 aliphatic rings. The van der Waals surface area contributed by atoms with E-state index < -0.39 is 12.3 Å². The Morgan fingerprint density at radius 1 is 1.07 bits per heavy atom. The third-order valence-corrected chi connectivity index (χ3v) is 6.17. The van der Waals surface area contributed by atoms with Gasteiger partial charge in [0.1, 0.15) is 11.9 Å². The van der Waals surface area contributed by atoms with Gasteiger partial charge < -0.3 is 19.7 Å². The van der Waals surface area contributed by atoms with Crippen LogP contribution in [0.3, 0.4) is 0 Å². The summed E-state index contributed by atoms with van der Waals surface area (Å²) in [6.45, 7) is 9.49. The number of aromatic amines is 1. The fourth-order valence-corrected chi connectivity index (χ4v) is 4.37. The van der Waals surface area contributed by atoms with Crippen LogP contribution in [0.1, 0.15) is 33.6 Å². The maximum Gasteiger partial charge on any atom is 0.176 e. The van der Waals surface area contributed by atoms with Gasteiger partial charge in [-0.2, -0.15) is 0 Å². The van der Waals surface area contributed by atoms with Crippen molar-refractivity contribution >= 4 is 21.8 Å². The second-order valence-electron chi connectivity index (χ2n) is 8.61. The zero-order valence-electron chi connectivity index (χ0n) is 17.7. The molecule has 5 heteroatoms. The molecule has 29 heavy (non-hydrogen) atoms. The molecule has 0 bridgehead atoms. The van der Waals surface area contributed by atoms with Gasteiger partial charge in [-0.1, -0.05) is 24.3 Å². The summed E-state index contributed by atoms with van der Waals surface area (Å²) in [7, 11) is 0. The number of aliphatic hydroxyl groups is 1. The van der Waals surface area contributed by atoms with Crippen LogP contribution in [0.2, 0.25) is 0 Å². The van der Waals surface area contributed by atoms with Gasteiger partial charge in [-0.05, 0) is 70.8 Å². The number of H-pyrrole nitrogens is 1. The average Bonchev–Trinajstić information content (AvgIpc) is 3.10. The summed E-state index contributed by atoms with van der Waals surface area (Å²) in [6.07, 6.45) is 1.34. The lowest BCUT2D eigenvalue weighted by atomic mass is 9.96. The summed E-state index contributed by atoms with van der Waals surface area (Å²) in [4.78, 5) is 5.99. The largest absolute Gasteiger partial charge is 0.472 e. The van der Waals surface area contributed by atoms with Crippen molar-refractivity contribution in [1.29, 1.82) is 0 Å². The van der Waals surface area contributed by atoms with Gasteiger partial charge in [0.15, 0.2) is 6.23 Å². The Kier molecular flexibility index (Phi) is 6.09. The van der Waals surface area contributed by atoms with Crippen LogP contribution in [-0.2, 0) is 0 Å². The molecule has 0 aliphatic carbocycles. The summed E-state index contributed by atoms with van der Waals surface area (Å²) < 4.78 is 6.31. The minimum Gasteiger partial charge on any atom is -0.472 e. The van der Waals surface area contributed by atoms with E-state index in [1.54, 1.807) is 6.92 Å². The lowest BCUT2D eigenvalue weighted by Crippen LogP contribution is -2.47. The average molecular weight is 396 g/mol. The molecule has 5 nitrogen and oxygen atoms in total. The standard InChI is InChI=1S/C24H33N3O2/c1-16(2)27-13-11-18(12-14-27)15-25-24(17(3)28)29-22-10-6-9-21-23(22)19-7-4-5-8-20(19)26-21/h4-10,16-18,24-26,28H,11-15H2,1-3H3/t17-,24?/m0/s1. The van der Waals surface area contributed by atoms with Crippen LogP contribution in [-0.4, -0.2) is 53.0 Å². The van der Waals surface area contributed by atoms with Crippen molar-refractivity contribution in [3.8, 4) is 5.75 Å². The van der Waals surface area contributed by atoms with Crippen molar-refractivity contribution in [3.63, 3.8) is 0 Å². The predicted molar refractivity (Wildman–Crippen MR) is 119 cm³/mol. The molecule has 1 fully saturated rings. The third kappa shape index (κ3) is 4.42. The number of nitrogens with one attached hydrogen (secondary N) is 2. The lowest BCUT2D eigenvalue weighted by Gasteiger charge is -2.35. The van der Waals surface area contributed by atoms with Crippen molar-refractivity contribution < 1.29 is 9.84 Å². The topological polar surface area (TPSA) is 60.5 Å². The molecule has 1 aromatic heterocycles. The highest BCUT2D eigenvalue weighted by Crippen LogP contribution is 2.33. The summed E-state index contributed by atoms with van der Waals surface area (Å²) in [6, 6.07) is 14.9. The number of benzene rings is 2. The Hall–Kier alpha value is -2.08. The van der Waals surface area contributed by atoms with Gasteiger partial charge in [0.05, 0.1) is 5.52 Å². The maximum absolute atomic E-state index is 10.4. The fourth-order valence-electron chi connectivity index (χ4n) is 4.37. The fraction of sp³-hybridized carbons (Fsp3) is 0.500. The number of aliphatic hydroxyl groups excluding tert-OH is 1. The molecule has 0 radical (unpaired) electrons. The summed E-state index contributed by atoms with van der Waals surface area (Å²) in [5.74, 6) is 1.42. The summed E-state index contributed by atoms with van der Waals surface area (Å²) in [5, 5.41) is 16.0. The molecule has 0 saturated carbocycles. The first kappa shape index (κ1) is 20.2. The van der Waals surface area contributed by atoms with E-state index in [0.717, 1.165) is 47.2 Å². The van der Waals surface area contributed by atoms with Crippen LogP contribution >= 0.6 is 0 Å². The van der Waals surface area contributed by atoms with E-state index >= 15 is 0 Å².